The molecule has 0 spiro atoms. The van der Waals surface area contributed by atoms with Gasteiger partial charge in [-0.2, -0.15) is 0 Å². The Balaban J connectivity index is 2.49. The van der Waals surface area contributed by atoms with Crippen LogP contribution in [0.4, 0.5) is 0 Å². The van der Waals surface area contributed by atoms with Crippen LogP contribution in [-0.4, -0.2) is 11.4 Å². The van der Waals surface area contributed by atoms with E-state index in [9.17, 15) is 4.79 Å². The van der Waals surface area contributed by atoms with Gasteiger partial charge < -0.3 is 4.52 Å². The Morgan fingerprint density at radius 2 is 2.14 bits per heavy atom. The van der Waals surface area contributed by atoms with Gasteiger partial charge in [-0.1, -0.05) is 28.9 Å². The van der Waals surface area contributed by atoms with Gasteiger partial charge in [0.1, 0.15) is 5.69 Å². The van der Waals surface area contributed by atoms with Gasteiger partial charge in [0, 0.05) is 11.6 Å². The smallest absolute Gasteiger partial charge is 0.171 e. The maximum Gasteiger partial charge on any atom is 0.171 e. The summed E-state index contributed by atoms with van der Waals surface area (Å²) in [7, 11) is 0. The van der Waals surface area contributed by atoms with Crippen LogP contribution < -0.4 is 0 Å². The number of hydrogen-bond acceptors (Lipinski definition) is 3. The van der Waals surface area contributed by atoms with Crippen LogP contribution in [0.1, 0.15) is 10.5 Å². The van der Waals surface area contributed by atoms with Crippen LogP contribution in [0.15, 0.2) is 34.9 Å². The zero-order valence-corrected chi connectivity index (χ0v) is 7.86. The second kappa shape index (κ2) is 3.64. The highest BCUT2D eigenvalue weighted by Gasteiger charge is 2.08. The van der Waals surface area contributed by atoms with E-state index in [-0.39, 0.29) is 5.69 Å². The van der Waals surface area contributed by atoms with Crippen molar-refractivity contribution in [1.29, 1.82) is 0 Å². The summed E-state index contributed by atoms with van der Waals surface area (Å²) in [5.41, 5.74) is 0.995. The van der Waals surface area contributed by atoms with Crippen molar-refractivity contribution < 1.29 is 9.32 Å². The number of aldehydes is 1. The molecule has 1 heterocycles. The van der Waals surface area contributed by atoms with E-state index in [1.165, 1.54) is 0 Å². The Bertz CT molecular complexity index is 465. The van der Waals surface area contributed by atoms with Crippen molar-refractivity contribution in [2.75, 3.05) is 0 Å². The molecule has 1 aromatic carbocycles. The van der Waals surface area contributed by atoms with Crippen LogP contribution in [0.25, 0.3) is 11.3 Å². The van der Waals surface area contributed by atoms with Crippen LogP contribution in [0.2, 0.25) is 5.02 Å². The van der Waals surface area contributed by atoms with E-state index in [2.05, 4.69) is 5.16 Å². The zero-order valence-electron chi connectivity index (χ0n) is 7.11. The summed E-state index contributed by atoms with van der Waals surface area (Å²) in [6, 6.07) is 8.76. The third-order valence-corrected chi connectivity index (χ3v) is 2.12. The first-order valence-corrected chi connectivity index (χ1v) is 4.36. The first kappa shape index (κ1) is 8.97. The number of rotatable bonds is 2. The number of carbonyl (C=O) groups excluding carboxylic acids is 1. The minimum atomic E-state index is 0.264. The molecule has 0 saturated carbocycles. The summed E-state index contributed by atoms with van der Waals surface area (Å²) >= 11 is 5.94. The lowest BCUT2D eigenvalue weighted by Crippen LogP contribution is -1.75. The van der Waals surface area contributed by atoms with E-state index in [0.29, 0.717) is 17.1 Å². The molecule has 1 aromatic heterocycles. The van der Waals surface area contributed by atoms with Gasteiger partial charge in [0.15, 0.2) is 12.0 Å². The Labute approximate surface area is 85.3 Å². The topological polar surface area (TPSA) is 43.1 Å². The summed E-state index contributed by atoms with van der Waals surface area (Å²) < 4.78 is 4.96. The average molecular weight is 208 g/mol. The van der Waals surface area contributed by atoms with Gasteiger partial charge in [-0.25, -0.2) is 0 Å². The fourth-order valence-electron chi connectivity index (χ4n) is 1.13. The fraction of sp³-hybridized carbons (Fsp3) is 0. The highest BCUT2D eigenvalue weighted by atomic mass is 35.5. The number of nitrogens with zero attached hydrogens (tertiary/aromatic N) is 1. The number of aromatic nitrogens is 1. The number of halogens is 1. The zero-order chi connectivity index (χ0) is 9.97. The van der Waals surface area contributed by atoms with Crippen LogP contribution >= 0.6 is 11.6 Å². The fourth-order valence-corrected chi connectivity index (χ4v) is 1.36. The lowest BCUT2D eigenvalue weighted by molar-refractivity contribution is 0.111. The van der Waals surface area contributed by atoms with Crippen LogP contribution in [0.5, 0.6) is 0 Å². The lowest BCUT2D eigenvalue weighted by Gasteiger charge is -1.96. The molecule has 3 nitrogen and oxygen atoms in total. The van der Waals surface area contributed by atoms with Crippen molar-refractivity contribution in [2.24, 2.45) is 0 Å². The van der Waals surface area contributed by atoms with Crippen molar-refractivity contribution in [2.45, 2.75) is 0 Å². The number of hydrogen-bond donors (Lipinski definition) is 0. The first-order chi connectivity index (χ1) is 6.81. The van der Waals surface area contributed by atoms with Crippen LogP contribution in [-0.2, 0) is 0 Å². The monoisotopic (exact) mass is 207 g/mol. The Kier molecular flexibility index (Phi) is 2.33. The van der Waals surface area contributed by atoms with Gasteiger partial charge in [0.2, 0.25) is 0 Å². The number of benzene rings is 1. The maximum atomic E-state index is 10.4. The molecule has 0 aliphatic rings. The average Bonchev–Trinajstić information content (AvgIpc) is 2.67. The van der Waals surface area contributed by atoms with Gasteiger partial charge in [-0.05, 0) is 12.1 Å². The lowest BCUT2D eigenvalue weighted by atomic mass is 10.1. The van der Waals surface area contributed by atoms with E-state index in [0.717, 1.165) is 5.56 Å². The predicted molar refractivity (Wildman–Crippen MR) is 52.3 cm³/mol. The SMILES string of the molecule is O=Cc1cc(-c2ccccc2Cl)on1. The molecule has 2 aromatic rings. The summed E-state index contributed by atoms with van der Waals surface area (Å²) in [5, 5.41) is 4.12. The minimum Gasteiger partial charge on any atom is -0.356 e. The molecule has 0 bridgehead atoms. The molecule has 2 rings (SSSR count). The molecule has 0 radical (unpaired) electrons. The van der Waals surface area contributed by atoms with Crippen LogP contribution in [0.3, 0.4) is 0 Å². The molecule has 0 fully saturated rings. The Morgan fingerprint density at radius 1 is 1.36 bits per heavy atom. The molecule has 0 atom stereocenters. The van der Waals surface area contributed by atoms with Gasteiger partial charge in [0.05, 0.1) is 5.02 Å². The maximum absolute atomic E-state index is 10.4. The molecule has 0 saturated heterocycles. The van der Waals surface area contributed by atoms with Crippen molar-refractivity contribution in [3.8, 4) is 11.3 Å². The van der Waals surface area contributed by atoms with Gasteiger partial charge >= 0.3 is 0 Å². The second-order valence-corrected chi connectivity index (χ2v) is 3.12. The standard InChI is InChI=1S/C10H6ClNO2/c11-9-4-2-1-3-8(9)10-5-7(6-13)12-14-10/h1-6H. The summed E-state index contributed by atoms with van der Waals surface area (Å²) in [4.78, 5) is 10.4. The normalized spacial score (nSPS) is 10.1. The van der Waals surface area contributed by atoms with E-state index in [1.54, 1.807) is 18.2 Å². The molecule has 0 amide bonds. The minimum absolute atomic E-state index is 0.264. The van der Waals surface area contributed by atoms with Crippen molar-refractivity contribution in [3.05, 3.63) is 41.0 Å². The molecular formula is C10H6ClNO2. The molecule has 0 unspecified atom stereocenters. The predicted octanol–water partition coefficient (Wildman–Crippen LogP) is 2.81. The van der Waals surface area contributed by atoms with Crippen LogP contribution in [0, 0.1) is 0 Å². The first-order valence-electron chi connectivity index (χ1n) is 3.98. The Hall–Kier alpha value is -1.61. The summed E-state index contributed by atoms with van der Waals surface area (Å²) in [5.74, 6) is 0.498. The third kappa shape index (κ3) is 1.54. The molecule has 4 heteroatoms. The highest BCUT2D eigenvalue weighted by Crippen LogP contribution is 2.27. The quantitative estimate of drug-likeness (QED) is 0.712. The molecular weight excluding hydrogens is 202 g/mol. The third-order valence-electron chi connectivity index (χ3n) is 1.79. The van der Waals surface area contributed by atoms with E-state index in [4.69, 9.17) is 16.1 Å². The van der Waals surface area contributed by atoms with Gasteiger partial charge in [-0.3, -0.25) is 4.79 Å². The molecule has 0 aliphatic heterocycles. The van der Waals surface area contributed by atoms with E-state index >= 15 is 0 Å². The van der Waals surface area contributed by atoms with Crippen molar-refractivity contribution in [3.63, 3.8) is 0 Å². The molecule has 14 heavy (non-hydrogen) atoms. The molecule has 0 N–H and O–H groups in total. The number of carbonyl (C=O) groups is 1. The second-order valence-electron chi connectivity index (χ2n) is 2.71. The Morgan fingerprint density at radius 3 is 2.79 bits per heavy atom. The van der Waals surface area contributed by atoms with Gasteiger partial charge in [-0.15, -0.1) is 0 Å². The summed E-state index contributed by atoms with van der Waals surface area (Å²) in [6.07, 6.45) is 0.629. The van der Waals surface area contributed by atoms with E-state index in [1.807, 2.05) is 12.1 Å². The van der Waals surface area contributed by atoms with Crippen molar-refractivity contribution in [1.82, 2.24) is 5.16 Å². The van der Waals surface area contributed by atoms with Gasteiger partial charge in [0.25, 0.3) is 0 Å². The molecule has 0 aliphatic carbocycles. The summed E-state index contributed by atoms with van der Waals surface area (Å²) in [6.45, 7) is 0. The largest absolute Gasteiger partial charge is 0.356 e. The highest BCUT2D eigenvalue weighted by molar-refractivity contribution is 6.33. The van der Waals surface area contributed by atoms with E-state index < -0.39 is 0 Å². The molecule has 70 valence electrons. The van der Waals surface area contributed by atoms with Crippen molar-refractivity contribution >= 4 is 17.9 Å².